The van der Waals surface area contributed by atoms with Crippen LogP contribution in [-0.4, -0.2) is 24.9 Å². The molecule has 0 saturated heterocycles. The molecule has 1 rings (SSSR count). The maximum absolute atomic E-state index is 12.5. The van der Waals surface area contributed by atoms with Crippen LogP contribution in [0.2, 0.25) is 0 Å². The van der Waals surface area contributed by atoms with Gasteiger partial charge in [-0.1, -0.05) is 24.2 Å². The van der Waals surface area contributed by atoms with Crippen molar-refractivity contribution in [3.8, 4) is 0 Å². The summed E-state index contributed by atoms with van der Waals surface area (Å²) < 4.78 is 42.4. The Balaban J connectivity index is 2.70. The van der Waals surface area contributed by atoms with E-state index in [-0.39, 0.29) is 12.2 Å². The van der Waals surface area contributed by atoms with Gasteiger partial charge < -0.3 is 9.57 Å². The van der Waals surface area contributed by atoms with Crippen LogP contribution < -0.4 is 0 Å². The molecule has 1 aromatic rings. The lowest BCUT2D eigenvalue weighted by Gasteiger charge is -2.11. The number of benzene rings is 1. The Morgan fingerprint density at radius 1 is 1.38 bits per heavy atom. The third-order valence-electron chi connectivity index (χ3n) is 2.52. The van der Waals surface area contributed by atoms with Crippen LogP contribution in [0.5, 0.6) is 0 Å². The topological polar surface area (TPSA) is 47.9 Å². The monoisotopic (exact) mass is 303 g/mol. The fraction of sp³-hybridized carbons (Fsp3) is 0.429. The number of hydrogen-bond acceptors (Lipinski definition) is 4. The van der Waals surface area contributed by atoms with Crippen molar-refractivity contribution in [2.75, 3.05) is 6.61 Å². The number of carbonyl (C=O) groups is 1. The average molecular weight is 303 g/mol. The molecule has 1 aromatic carbocycles. The van der Waals surface area contributed by atoms with Crippen molar-refractivity contribution in [2.45, 2.75) is 32.5 Å². The van der Waals surface area contributed by atoms with E-state index >= 15 is 0 Å². The van der Waals surface area contributed by atoms with Gasteiger partial charge in [0.25, 0.3) is 0 Å². The summed E-state index contributed by atoms with van der Waals surface area (Å²) in [6.07, 6.45) is -3.82. The van der Waals surface area contributed by atoms with Gasteiger partial charge in [-0.2, -0.15) is 13.2 Å². The number of halogens is 3. The predicted molar refractivity (Wildman–Crippen MR) is 70.8 cm³/mol. The van der Waals surface area contributed by atoms with Crippen LogP contribution in [-0.2, 0) is 20.5 Å². The standard InChI is InChI=1S/C14H16F3NO3/c1-3-12(13(19)20-4-2)21-18-9-10-6-5-7-11(8-10)14(15,16)17/h5-9,12H,3-4H2,1-2H3/b18-9+. The molecule has 1 unspecified atom stereocenters. The van der Waals surface area contributed by atoms with E-state index in [9.17, 15) is 18.0 Å². The first-order valence-electron chi connectivity index (χ1n) is 6.41. The smallest absolute Gasteiger partial charge is 0.416 e. The van der Waals surface area contributed by atoms with Crippen LogP contribution in [0.3, 0.4) is 0 Å². The van der Waals surface area contributed by atoms with E-state index in [1.807, 2.05) is 0 Å². The van der Waals surface area contributed by atoms with Crippen molar-refractivity contribution in [1.29, 1.82) is 0 Å². The summed E-state index contributed by atoms with van der Waals surface area (Å²) in [6.45, 7) is 3.59. The van der Waals surface area contributed by atoms with Crippen LogP contribution in [0.4, 0.5) is 13.2 Å². The van der Waals surface area contributed by atoms with Gasteiger partial charge in [-0.3, -0.25) is 0 Å². The highest BCUT2D eigenvalue weighted by Crippen LogP contribution is 2.29. The highest BCUT2D eigenvalue weighted by Gasteiger charge is 2.30. The normalized spacial score (nSPS) is 13.2. The molecular weight excluding hydrogens is 287 g/mol. The summed E-state index contributed by atoms with van der Waals surface area (Å²) in [7, 11) is 0. The number of esters is 1. The van der Waals surface area contributed by atoms with E-state index in [4.69, 9.17) is 9.57 Å². The zero-order chi connectivity index (χ0) is 15.9. The largest absolute Gasteiger partial charge is 0.463 e. The summed E-state index contributed by atoms with van der Waals surface area (Å²) in [6, 6.07) is 4.63. The maximum Gasteiger partial charge on any atom is 0.416 e. The van der Waals surface area contributed by atoms with Gasteiger partial charge >= 0.3 is 12.1 Å². The molecule has 0 aliphatic heterocycles. The van der Waals surface area contributed by atoms with E-state index in [0.717, 1.165) is 18.3 Å². The first-order valence-corrected chi connectivity index (χ1v) is 6.41. The molecule has 0 saturated carbocycles. The van der Waals surface area contributed by atoms with E-state index in [2.05, 4.69) is 5.16 Å². The van der Waals surface area contributed by atoms with Crippen molar-refractivity contribution < 1.29 is 27.5 Å². The van der Waals surface area contributed by atoms with E-state index in [0.29, 0.717) is 6.42 Å². The molecule has 0 bridgehead atoms. The Morgan fingerprint density at radius 2 is 2.10 bits per heavy atom. The zero-order valence-electron chi connectivity index (χ0n) is 11.7. The van der Waals surface area contributed by atoms with Crippen molar-refractivity contribution in [3.05, 3.63) is 35.4 Å². The fourth-order valence-electron chi connectivity index (χ4n) is 1.48. The second-order valence-corrected chi connectivity index (χ2v) is 4.11. The molecule has 116 valence electrons. The van der Waals surface area contributed by atoms with Crippen LogP contribution in [0.1, 0.15) is 31.4 Å². The Morgan fingerprint density at radius 3 is 2.67 bits per heavy atom. The van der Waals surface area contributed by atoms with Gasteiger partial charge in [0.2, 0.25) is 6.10 Å². The number of hydrogen-bond donors (Lipinski definition) is 0. The molecule has 1 atom stereocenters. The molecule has 0 heterocycles. The van der Waals surface area contributed by atoms with E-state index in [1.54, 1.807) is 13.8 Å². The van der Waals surface area contributed by atoms with Crippen LogP contribution in [0.15, 0.2) is 29.4 Å². The fourth-order valence-corrected chi connectivity index (χ4v) is 1.48. The average Bonchev–Trinajstić information content (AvgIpc) is 2.43. The lowest BCUT2D eigenvalue weighted by atomic mass is 10.1. The van der Waals surface area contributed by atoms with Gasteiger partial charge in [0.15, 0.2) is 0 Å². The lowest BCUT2D eigenvalue weighted by Crippen LogP contribution is -2.24. The summed E-state index contributed by atoms with van der Waals surface area (Å²) in [5.74, 6) is -0.554. The number of alkyl halides is 3. The lowest BCUT2D eigenvalue weighted by molar-refractivity contribution is -0.156. The Kier molecular flexibility index (Phi) is 6.20. The third kappa shape index (κ3) is 5.45. The van der Waals surface area contributed by atoms with Gasteiger partial charge in [-0.05, 0) is 31.0 Å². The minimum Gasteiger partial charge on any atom is -0.463 e. The number of rotatable bonds is 6. The number of nitrogens with zero attached hydrogens (tertiary/aromatic N) is 1. The zero-order valence-corrected chi connectivity index (χ0v) is 11.7. The molecule has 0 N–H and O–H groups in total. The van der Waals surface area contributed by atoms with Crippen LogP contribution >= 0.6 is 0 Å². The number of ether oxygens (including phenoxy) is 1. The molecule has 0 aromatic heterocycles. The van der Waals surface area contributed by atoms with Crippen molar-refractivity contribution in [1.82, 2.24) is 0 Å². The van der Waals surface area contributed by atoms with Crippen molar-refractivity contribution >= 4 is 12.2 Å². The molecule has 0 fully saturated rings. The minimum atomic E-state index is -4.42. The molecular formula is C14H16F3NO3. The molecule has 0 amide bonds. The Hall–Kier alpha value is -2.05. The summed E-state index contributed by atoms with van der Waals surface area (Å²) >= 11 is 0. The number of oxime groups is 1. The first-order chi connectivity index (χ1) is 9.88. The molecule has 4 nitrogen and oxygen atoms in total. The summed E-state index contributed by atoms with van der Waals surface area (Å²) in [5, 5.41) is 3.55. The van der Waals surface area contributed by atoms with Gasteiger partial charge in [0, 0.05) is 0 Å². The third-order valence-corrected chi connectivity index (χ3v) is 2.52. The SMILES string of the molecule is CCOC(=O)C(CC)O/N=C/c1cccc(C(F)(F)F)c1. The van der Waals surface area contributed by atoms with Gasteiger partial charge in [0.05, 0.1) is 18.4 Å². The van der Waals surface area contributed by atoms with Gasteiger partial charge in [0.1, 0.15) is 0 Å². The Labute approximate surface area is 120 Å². The second-order valence-electron chi connectivity index (χ2n) is 4.11. The molecule has 0 spiro atoms. The highest BCUT2D eigenvalue weighted by molar-refractivity contribution is 5.79. The molecule has 0 aliphatic rings. The molecule has 7 heteroatoms. The second kappa shape index (κ2) is 7.66. The van der Waals surface area contributed by atoms with Crippen LogP contribution in [0, 0.1) is 0 Å². The Bertz CT molecular complexity index is 500. The van der Waals surface area contributed by atoms with Crippen molar-refractivity contribution in [2.24, 2.45) is 5.16 Å². The summed E-state index contributed by atoms with van der Waals surface area (Å²) in [4.78, 5) is 16.4. The van der Waals surface area contributed by atoms with Gasteiger partial charge in [-0.25, -0.2) is 4.79 Å². The minimum absolute atomic E-state index is 0.218. The summed E-state index contributed by atoms with van der Waals surface area (Å²) in [5.41, 5.74) is -0.549. The quantitative estimate of drug-likeness (QED) is 0.460. The maximum atomic E-state index is 12.5. The van der Waals surface area contributed by atoms with Crippen LogP contribution in [0.25, 0.3) is 0 Å². The van der Waals surface area contributed by atoms with Crippen molar-refractivity contribution in [3.63, 3.8) is 0 Å². The molecule has 0 radical (unpaired) electrons. The molecule has 0 aliphatic carbocycles. The van der Waals surface area contributed by atoms with E-state index in [1.165, 1.54) is 12.1 Å². The van der Waals surface area contributed by atoms with Gasteiger partial charge in [-0.15, -0.1) is 0 Å². The number of carbonyl (C=O) groups excluding carboxylic acids is 1. The first kappa shape index (κ1) is 17.0. The van der Waals surface area contributed by atoms with E-state index < -0.39 is 23.8 Å². The predicted octanol–water partition coefficient (Wildman–Crippen LogP) is 3.40. The molecule has 21 heavy (non-hydrogen) atoms. The highest BCUT2D eigenvalue weighted by atomic mass is 19.4.